The van der Waals surface area contributed by atoms with E-state index in [-0.39, 0.29) is 5.91 Å². The minimum absolute atomic E-state index is 0.0441. The summed E-state index contributed by atoms with van der Waals surface area (Å²) in [5.41, 5.74) is 1.10. The van der Waals surface area contributed by atoms with Gasteiger partial charge in [0.2, 0.25) is 5.91 Å². The summed E-state index contributed by atoms with van der Waals surface area (Å²) < 4.78 is 1.92. The number of nitrogens with zero attached hydrogens (tertiary/aromatic N) is 4. The van der Waals surface area contributed by atoms with Gasteiger partial charge in [-0.2, -0.15) is 11.8 Å². The molecular weight excluding hydrogens is 306 g/mol. The summed E-state index contributed by atoms with van der Waals surface area (Å²) in [5.74, 6) is 2.49. The van der Waals surface area contributed by atoms with E-state index < -0.39 is 0 Å². The van der Waals surface area contributed by atoms with Gasteiger partial charge in [-0.05, 0) is 13.8 Å². The van der Waals surface area contributed by atoms with Crippen LogP contribution in [0.4, 0.5) is 0 Å². The Morgan fingerprint density at radius 1 is 1.52 bits per heavy atom. The highest BCUT2D eigenvalue weighted by Gasteiger charge is 2.06. The number of rotatable bonds is 8. The molecular formula is C13H19N5OS2. The first-order chi connectivity index (χ1) is 10.2. The summed E-state index contributed by atoms with van der Waals surface area (Å²) in [6.07, 6.45) is 2.18. The predicted octanol–water partition coefficient (Wildman–Crippen LogP) is 2.00. The van der Waals surface area contributed by atoms with Crippen LogP contribution in [-0.4, -0.2) is 31.4 Å². The average molecular weight is 325 g/mol. The van der Waals surface area contributed by atoms with Crippen molar-refractivity contribution in [3.63, 3.8) is 0 Å². The first kappa shape index (κ1) is 16.0. The number of aromatic nitrogens is 4. The molecule has 1 N–H and O–H groups in total. The Hall–Kier alpha value is -1.41. The van der Waals surface area contributed by atoms with Gasteiger partial charge in [-0.3, -0.25) is 4.79 Å². The molecule has 0 spiro atoms. The summed E-state index contributed by atoms with van der Waals surface area (Å²) in [4.78, 5) is 16.2. The Kier molecular flexibility index (Phi) is 6.19. The molecule has 21 heavy (non-hydrogen) atoms. The van der Waals surface area contributed by atoms with E-state index in [1.54, 1.807) is 29.4 Å². The number of amides is 1. The molecule has 0 atom stereocenters. The van der Waals surface area contributed by atoms with E-state index in [2.05, 4.69) is 25.9 Å². The van der Waals surface area contributed by atoms with E-state index in [9.17, 15) is 4.79 Å². The van der Waals surface area contributed by atoms with Gasteiger partial charge in [-0.15, -0.1) is 21.5 Å². The molecule has 6 nitrogen and oxygen atoms in total. The van der Waals surface area contributed by atoms with Gasteiger partial charge in [0.05, 0.1) is 17.2 Å². The van der Waals surface area contributed by atoms with Gasteiger partial charge in [-0.25, -0.2) is 4.98 Å². The van der Waals surface area contributed by atoms with Gasteiger partial charge in [0.25, 0.3) is 0 Å². The van der Waals surface area contributed by atoms with Crippen molar-refractivity contribution in [2.24, 2.45) is 0 Å². The van der Waals surface area contributed by atoms with E-state index in [0.717, 1.165) is 34.6 Å². The van der Waals surface area contributed by atoms with Crippen LogP contribution in [0.5, 0.6) is 0 Å². The first-order valence-corrected chi connectivity index (χ1v) is 8.84. The number of hydrogen-bond donors (Lipinski definition) is 1. The maximum atomic E-state index is 11.8. The molecule has 2 aromatic rings. The zero-order chi connectivity index (χ0) is 15.1. The van der Waals surface area contributed by atoms with Crippen molar-refractivity contribution in [1.82, 2.24) is 25.1 Å². The molecule has 0 aromatic carbocycles. The lowest BCUT2D eigenvalue weighted by Crippen LogP contribution is -2.24. The van der Waals surface area contributed by atoms with Crippen LogP contribution in [0.2, 0.25) is 0 Å². The molecule has 0 unspecified atom stereocenters. The van der Waals surface area contributed by atoms with Crippen LogP contribution in [0.25, 0.3) is 0 Å². The number of carbonyl (C=O) groups excluding carboxylic acids is 1. The molecule has 0 radical (unpaired) electrons. The fraction of sp³-hybridized carbons (Fsp3) is 0.538. The highest BCUT2D eigenvalue weighted by molar-refractivity contribution is 7.98. The second-order valence-corrected chi connectivity index (χ2v) is 6.64. The predicted molar refractivity (Wildman–Crippen MR) is 85.2 cm³/mol. The lowest BCUT2D eigenvalue weighted by molar-refractivity contribution is -0.120. The van der Waals surface area contributed by atoms with Crippen molar-refractivity contribution in [2.75, 3.05) is 5.75 Å². The molecule has 0 aliphatic rings. The Balaban J connectivity index is 1.61. The number of thioether (sulfide) groups is 1. The molecule has 0 saturated heterocycles. The molecule has 0 bridgehead atoms. The lowest BCUT2D eigenvalue weighted by atomic mass is 10.4. The lowest BCUT2D eigenvalue weighted by Gasteiger charge is -2.05. The van der Waals surface area contributed by atoms with Crippen molar-refractivity contribution in [3.8, 4) is 0 Å². The minimum atomic E-state index is 0.0441. The molecule has 0 fully saturated rings. The Morgan fingerprint density at radius 3 is 3.10 bits per heavy atom. The Bertz CT molecular complexity index is 581. The minimum Gasteiger partial charge on any atom is -0.349 e. The number of thiazole rings is 1. The second-order valence-electron chi connectivity index (χ2n) is 4.47. The van der Waals surface area contributed by atoms with Gasteiger partial charge < -0.3 is 9.88 Å². The zero-order valence-corrected chi connectivity index (χ0v) is 13.8. The summed E-state index contributed by atoms with van der Waals surface area (Å²) in [5, 5.41) is 13.8. The van der Waals surface area contributed by atoms with E-state index in [0.29, 0.717) is 13.0 Å². The van der Waals surface area contributed by atoms with Crippen molar-refractivity contribution < 1.29 is 4.79 Å². The first-order valence-electron chi connectivity index (χ1n) is 6.81. The van der Waals surface area contributed by atoms with Crippen molar-refractivity contribution in [1.29, 1.82) is 0 Å². The normalized spacial score (nSPS) is 10.8. The van der Waals surface area contributed by atoms with Crippen molar-refractivity contribution in [3.05, 3.63) is 28.2 Å². The third-order valence-electron chi connectivity index (χ3n) is 2.87. The van der Waals surface area contributed by atoms with E-state index in [1.807, 2.05) is 18.4 Å². The molecule has 0 aliphatic heterocycles. The molecule has 2 heterocycles. The van der Waals surface area contributed by atoms with Gasteiger partial charge in [0, 0.05) is 29.9 Å². The van der Waals surface area contributed by atoms with Gasteiger partial charge in [-0.1, -0.05) is 0 Å². The summed E-state index contributed by atoms with van der Waals surface area (Å²) in [6, 6.07) is 0. The molecule has 114 valence electrons. The third-order valence-corrected chi connectivity index (χ3v) is 4.69. The molecule has 0 aliphatic carbocycles. The quantitative estimate of drug-likeness (QED) is 0.752. The van der Waals surface area contributed by atoms with E-state index >= 15 is 0 Å². The Labute approximate surface area is 132 Å². The Morgan fingerprint density at radius 2 is 2.38 bits per heavy atom. The van der Waals surface area contributed by atoms with Gasteiger partial charge in [0.15, 0.2) is 5.82 Å². The summed E-state index contributed by atoms with van der Waals surface area (Å²) in [6.45, 7) is 5.26. The van der Waals surface area contributed by atoms with Crippen LogP contribution in [-0.2, 0) is 23.6 Å². The standard InChI is InChI=1S/C13H19N5OS2/c1-3-18-9-15-17-12(18)6-14-13(19)4-5-20-7-11-8-21-10(2)16-11/h8-9H,3-7H2,1-2H3,(H,14,19). The third kappa shape index (κ3) is 5.13. The van der Waals surface area contributed by atoms with Crippen LogP contribution in [0.1, 0.15) is 29.9 Å². The maximum Gasteiger partial charge on any atom is 0.221 e. The number of hydrogen-bond acceptors (Lipinski definition) is 6. The number of carbonyl (C=O) groups is 1. The molecule has 2 rings (SSSR count). The van der Waals surface area contributed by atoms with Crippen molar-refractivity contribution in [2.45, 2.75) is 39.1 Å². The van der Waals surface area contributed by atoms with Gasteiger partial charge >= 0.3 is 0 Å². The topological polar surface area (TPSA) is 72.7 Å². The largest absolute Gasteiger partial charge is 0.349 e. The highest BCUT2D eigenvalue weighted by Crippen LogP contribution is 2.15. The monoisotopic (exact) mass is 325 g/mol. The van der Waals surface area contributed by atoms with E-state index in [1.165, 1.54) is 0 Å². The SMILES string of the molecule is CCn1cnnc1CNC(=O)CCSCc1csc(C)n1. The fourth-order valence-electron chi connectivity index (χ4n) is 1.76. The number of aryl methyl sites for hydroxylation is 2. The molecule has 2 aromatic heterocycles. The molecule has 1 amide bonds. The van der Waals surface area contributed by atoms with Crippen LogP contribution in [0.3, 0.4) is 0 Å². The number of nitrogens with one attached hydrogen (secondary N) is 1. The summed E-state index contributed by atoms with van der Waals surface area (Å²) >= 11 is 3.39. The smallest absolute Gasteiger partial charge is 0.221 e. The van der Waals surface area contributed by atoms with Crippen LogP contribution < -0.4 is 5.32 Å². The molecule has 0 saturated carbocycles. The van der Waals surface area contributed by atoms with Crippen LogP contribution in [0.15, 0.2) is 11.7 Å². The second kappa shape index (κ2) is 8.14. The van der Waals surface area contributed by atoms with Crippen LogP contribution >= 0.6 is 23.1 Å². The fourth-order valence-corrected chi connectivity index (χ4v) is 3.31. The highest BCUT2D eigenvalue weighted by atomic mass is 32.2. The zero-order valence-electron chi connectivity index (χ0n) is 12.2. The van der Waals surface area contributed by atoms with Crippen molar-refractivity contribution >= 4 is 29.0 Å². The van der Waals surface area contributed by atoms with E-state index in [4.69, 9.17) is 0 Å². The average Bonchev–Trinajstić information content (AvgIpc) is 3.09. The summed E-state index contributed by atoms with van der Waals surface area (Å²) in [7, 11) is 0. The van der Waals surface area contributed by atoms with Gasteiger partial charge in [0.1, 0.15) is 6.33 Å². The van der Waals surface area contributed by atoms with Crippen LogP contribution in [0, 0.1) is 6.92 Å². The molecule has 8 heteroatoms. The maximum absolute atomic E-state index is 11.8.